The number of rotatable bonds is 5. The second-order valence-corrected chi connectivity index (χ2v) is 4.73. The van der Waals surface area contributed by atoms with Crippen LogP contribution in [0.3, 0.4) is 0 Å². The summed E-state index contributed by atoms with van der Waals surface area (Å²) in [6.07, 6.45) is 0. The van der Waals surface area contributed by atoms with Gasteiger partial charge in [-0.15, -0.1) is 0 Å². The lowest BCUT2D eigenvalue weighted by atomic mass is 10.1. The molecule has 5 heteroatoms. The van der Waals surface area contributed by atoms with Crippen LogP contribution in [-0.4, -0.2) is 12.5 Å². The quantitative estimate of drug-likeness (QED) is 0.912. The molecular formula is C16H15ClFNO2. The number of hydrogen-bond acceptors (Lipinski definition) is 2. The highest BCUT2D eigenvalue weighted by molar-refractivity contribution is 6.33. The molecule has 110 valence electrons. The number of hydrogen-bond donors (Lipinski definition) is 1. The van der Waals surface area contributed by atoms with E-state index in [9.17, 15) is 9.18 Å². The molecule has 0 aliphatic heterocycles. The molecule has 0 aliphatic rings. The Morgan fingerprint density at radius 1 is 1.24 bits per heavy atom. The van der Waals surface area contributed by atoms with Gasteiger partial charge in [0, 0.05) is 12.1 Å². The van der Waals surface area contributed by atoms with Crippen LogP contribution in [0.2, 0.25) is 5.02 Å². The molecule has 0 radical (unpaired) electrons. The Hall–Kier alpha value is -2.07. The van der Waals surface area contributed by atoms with Crippen molar-refractivity contribution in [2.75, 3.05) is 6.61 Å². The first-order chi connectivity index (χ1) is 10.1. The first kappa shape index (κ1) is 15.3. The van der Waals surface area contributed by atoms with Gasteiger partial charge in [0.1, 0.15) is 11.6 Å². The van der Waals surface area contributed by atoms with Gasteiger partial charge in [0.25, 0.3) is 5.91 Å². The third-order valence-corrected chi connectivity index (χ3v) is 3.22. The number of carbonyl (C=O) groups excluding carboxylic acids is 1. The second kappa shape index (κ2) is 7.09. The van der Waals surface area contributed by atoms with E-state index < -0.39 is 11.7 Å². The Bertz CT molecular complexity index is 626. The fourth-order valence-corrected chi connectivity index (χ4v) is 2.17. The topological polar surface area (TPSA) is 38.3 Å². The molecule has 0 heterocycles. The van der Waals surface area contributed by atoms with Crippen molar-refractivity contribution >= 4 is 17.5 Å². The zero-order valence-corrected chi connectivity index (χ0v) is 12.3. The van der Waals surface area contributed by atoms with Gasteiger partial charge < -0.3 is 10.1 Å². The van der Waals surface area contributed by atoms with Gasteiger partial charge in [0.15, 0.2) is 0 Å². The molecule has 0 spiro atoms. The molecule has 1 N–H and O–H groups in total. The number of nitrogens with one attached hydrogen (secondary N) is 1. The van der Waals surface area contributed by atoms with Gasteiger partial charge in [-0.3, -0.25) is 4.79 Å². The first-order valence-electron chi connectivity index (χ1n) is 6.56. The maximum Gasteiger partial charge on any atom is 0.256 e. The Labute approximate surface area is 127 Å². The van der Waals surface area contributed by atoms with E-state index in [1.807, 2.05) is 31.2 Å². The number of benzene rings is 2. The van der Waals surface area contributed by atoms with E-state index >= 15 is 0 Å². The maximum absolute atomic E-state index is 13.7. The average Bonchev–Trinajstić information content (AvgIpc) is 2.46. The molecule has 2 aromatic rings. The monoisotopic (exact) mass is 307 g/mol. The van der Waals surface area contributed by atoms with E-state index in [-0.39, 0.29) is 17.1 Å². The van der Waals surface area contributed by atoms with Crippen LogP contribution in [0, 0.1) is 5.82 Å². The summed E-state index contributed by atoms with van der Waals surface area (Å²) in [6, 6.07) is 11.5. The lowest BCUT2D eigenvalue weighted by Gasteiger charge is -2.11. The Balaban J connectivity index is 2.11. The zero-order chi connectivity index (χ0) is 15.2. The molecule has 0 aliphatic carbocycles. The van der Waals surface area contributed by atoms with Crippen LogP contribution in [0.4, 0.5) is 4.39 Å². The van der Waals surface area contributed by atoms with Crippen LogP contribution in [0.1, 0.15) is 22.8 Å². The van der Waals surface area contributed by atoms with E-state index in [4.69, 9.17) is 16.3 Å². The maximum atomic E-state index is 13.7. The van der Waals surface area contributed by atoms with E-state index in [1.54, 1.807) is 0 Å². The fourth-order valence-electron chi connectivity index (χ4n) is 1.92. The number of ether oxygens (including phenoxy) is 1. The van der Waals surface area contributed by atoms with Gasteiger partial charge >= 0.3 is 0 Å². The van der Waals surface area contributed by atoms with Crippen molar-refractivity contribution in [1.29, 1.82) is 0 Å². The second-order valence-electron chi connectivity index (χ2n) is 4.32. The first-order valence-corrected chi connectivity index (χ1v) is 6.94. The predicted octanol–water partition coefficient (Wildman–Crippen LogP) is 3.81. The SMILES string of the molecule is CCOc1ccccc1CNC(=O)c1c(F)cccc1Cl. The summed E-state index contributed by atoms with van der Waals surface area (Å²) in [7, 11) is 0. The summed E-state index contributed by atoms with van der Waals surface area (Å²) in [4.78, 5) is 12.1. The molecule has 2 rings (SSSR count). The van der Waals surface area contributed by atoms with Crippen molar-refractivity contribution in [3.8, 4) is 5.75 Å². The van der Waals surface area contributed by atoms with Crippen LogP contribution < -0.4 is 10.1 Å². The molecular weight excluding hydrogens is 293 g/mol. The van der Waals surface area contributed by atoms with E-state index in [0.29, 0.717) is 12.4 Å². The van der Waals surface area contributed by atoms with Gasteiger partial charge in [0.05, 0.1) is 17.2 Å². The van der Waals surface area contributed by atoms with Crippen molar-refractivity contribution in [1.82, 2.24) is 5.32 Å². The number of amides is 1. The van der Waals surface area contributed by atoms with Crippen LogP contribution in [0.15, 0.2) is 42.5 Å². The Kier molecular flexibility index (Phi) is 5.17. The third-order valence-electron chi connectivity index (χ3n) is 2.90. The van der Waals surface area contributed by atoms with Crippen molar-refractivity contribution in [3.63, 3.8) is 0 Å². The molecule has 0 atom stereocenters. The van der Waals surface area contributed by atoms with Crippen molar-refractivity contribution in [3.05, 3.63) is 64.4 Å². The van der Waals surface area contributed by atoms with E-state index in [0.717, 1.165) is 5.56 Å². The normalized spacial score (nSPS) is 10.2. The highest BCUT2D eigenvalue weighted by Gasteiger charge is 2.15. The predicted molar refractivity (Wildman–Crippen MR) is 80.2 cm³/mol. The minimum absolute atomic E-state index is 0.0885. The van der Waals surface area contributed by atoms with Gasteiger partial charge in [-0.05, 0) is 25.1 Å². The van der Waals surface area contributed by atoms with Crippen molar-refractivity contribution in [2.24, 2.45) is 0 Å². The molecule has 0 saturated heterocycles. The summed E-state index contributed by atoms with van der Waals surface area (Å²) < 4.78 is 19.1. The summed E-state index contributed by atoms with van der Waals surface area (Å²) in [5.41, 5.74) is 0.674. The summed E-state index contributed by atoms with van der Waals surface area (Å²) in [6.45, 7) is 2.65. The standard InChI is InChI=1S/C16H15ClFNO2/c1-2-21-14-9-4-3-6-11(14)10-19-16(20)15-12(17)7-5-8-13(15)18/h3-9H,2,10H2,1H3,(H,19,20). The van der Waals surface area contributed by atoms with E-state index in [2.05, 4.69) is 5.32 Å². The lowest BCUT2D eigenvalue weighted by Crippen LogP contribution is -2.24. The smallest absolute Gasteiger partial charge is 0.256 e. The molecule has 1 amide bonds. The van der Waals surface area contributed by atoms with Crippen LogP contribution in [0.25, 0.3) is 0 Å². The van der Waals surface area contributed by atoms with Crippen molar-refractivity contribution < 1.29 is 13.9 Å². The van der Waals surface area contributed by atoms with Gasteiger partial charge in [0.2, 0.25) is 0 Å². The van der Waals surface area contributed by atoms with Gasteiger partial charge in [-0.25, -0.2) is 4.39 Å². The highest BCUT2D eigenvalue weighted by atomic mass is 35.5. The number of para-hydroxylation sites is 1. The van der Waals surface area contributed by atoms with Crippen LogP contribution >= 0.6 is 11.6 Å². The summed E-state index contributed by atoms with van der Waals surface area (Å²) in [5, 5.41) is 2.74. The molecule has 0 unspecified atom stereocenters. The molecule has 3 nitrogen and oxygen atoms in total. The number of halogens is 2. The molecule has 0 bridgehead atoms. The molecule has 21 heavy (non-hydrogen) atoms. The molecule has 2 aromatic carbocycles. The molecule has 0 saturated carbocycles. The van der Waals surface area contributed by atoms with Crippen LogP contribution in [-0.2, 0) is 6.54 Å². The summed E-state index contributed by atoms with van der Waals surface area (Å²) in [5.74, 6) is -0.498. The summed E-state index contributed by atoms with van der Waals surface area (Å²) >= 11 is 5.86. The highest BCUT2D eigenvalue weighted by Crippen LogP contribution is 2.20. The molecule has 0 aromatic heterocycles. The third kappa shape index (κ3) is 3.73. The van der Waals surface area contributed by atoms with Crippen molar-refractivity contribution in [2.45, 2.75) is 13.5 Å². The fraction of sp³-hybridized carbons (Fsp3) is 0.188. The van der Waals surface area contributed by atoms with Gasteiger partial charge in [-0.1, -0.05) is 35.9 Å². The minimum Gasteiger partial charge on any atom is -0.494 e. The Morgan fingerprint density at radius 2 is 2.00 bits per heavy atom. The average molecular weight is 308 g/mol. The van der Waals surface area contributed by atoms with Crippen LogP contribution in [0.5, 0.6) is 5.75 Å². The Morgan fingerprint density at radius 3 is 2.71 bits per heavy atom. The van der Waals surface area contributed by atoms with Gasteiger partial charge in [-0.2, -0.15) is 0 Å². The number of carbonyl (C=O) groups is 1. The zero-order valence-electron chi connectivity index (χ0n) is 11.5. The molecule has 0 fully saturated rings. The minimum atomic E-state index is -0.641. The largest absolute Gasteiger partial charge is 0.494 e. The van der Waals surface area contributed by atoms with E-state index in [1.165, 1.54) is 18.2 Å². The lowest BCUT2D eigenvalue weighted by molar-refractivity contribution is 0.0947.